The van der Waals surface area contributed by atoms with Gasteiger partial charge in [-0.3, -0.25) is 4.79 Å². The second-order valence-corrected chi connectivity index (χ2v) is 7.51. The lowest BCUT2D eigenvalue weighted by atomic mass is 10.0. The molecule has 110 valence electrons. The largest absolute Gasteiger partial charge is 0.377 e. The molecule has 2 rings (SSSR count). The maximum Gasteiger partial charge on any atom is 0.226 e. The Morgan fingerprint density at radius 1 is 1.26 bits per heavy atom. The average Bonchev–Trinajstić information content (AvgIpc) is 2.76. The number of sulfone groups is 1. The van der Waals surface area contributed by atoms with Gasteiger partial charge in [-0.15, -0.1) is 0 Å². The maximum atomic E-state index is 12.2. The minimum absolute atomic E-state index is 0.00153. The number of ether oxygens (including phenoxy) is 1. The third kappa shape index (κ3) is 3.90. The zero-order valence-electron chi connectivity index (χ0n) is 11.1. The van der Waals surface area contributed by atoms with Crippen LogP contribution in [-0.2, 0) is 19.4 Å². The molecule has 6 nitrogen and oxygen atoms in total. The van der Waals surface area contributed by atoms with E-state index in [0.717, 1.165) is 12.8 Å². The fourth-order valence-corrected chi connectivity index (χ4v) is 4.46. The molecule has 0 aromatic carbocycles. The predicted octanol–water partition coefficient (Wildman–Crippen LogP) is -0.613. The van der Waals surface area contributed by atoms with Crippen LogP contribution in [0.2, 0.25) is 0 Å². The van der Waals surface area contributed by atoms with E-state index in [-0.39, 0.29) is 29.4 Å². The summed E-state index contributed by atoms with van der Waals surface area (Å²) in [4.78, 5) is 14.0. The first-order chi connectivity index (χ1) is 9.02. The van der Waals surface area contributed by atoms with Crippen LogP contribution in [-0.4, -0.2) is 63.1 Å². The molecule has 0 aromatic rings. The van der Waals surface area contributed by atoms with Crippen molar-refractivity contribution in [3.05, 3.63) is 0 Å². The summed E-state index contributed by atoms with van der Waals surface area (Å²) < 4.78 is 28.4. The molecule has 7 heteroatoms. The summed E-state index contributed by atoms with van der Waals surface area (Å²) in [6.45, 7) is 2.38. The first kappa shape index (κ1) is 14.7. The molecule has 0 aromatic heterocycles. The number of rotatable bonds is 4. The van der Waals surface area contributed by atoms with Gasteiger partial charge < -0.3 is 15.4 Å². The molecular formula is C12H22N2O4S. The number of piperidine rings is 1. The predicted molar refractivity (Wildman–Crippen MR) is 71.4 cm³/mol. The van der Waals surface area contributed by atoms with Crippen molar-refractivity contribution in [1.82, 2.24) is 4.90 Å². The molecule has 0 bridgehead atoms. The van der Waals surface area contributed by atoms with Crippen LogP contribution in [0.15, 0.2) is 0 Å². The Balaban J connectivity index is 1.80. The fourth-order valence-electron chi connectivity index (χ4n) is 2.73. The Labute approximate surface area is 114 Å². The average molecular weight is 290 g/mol. The van der Waals surface area contributed by atoms with Crippen LogP contribution in [0.5, 0.6) is 0 Å². The van der Waals surface area contributed by atoms with E-state index in [1.807, 2.05) is 0 Å². The zero-order valence-corrected chi connectivity index (χ0v) is 11.9. The standard InChI is InChI=1S/C12H22N2O4S/c13-4-7-18-11-1-5-14(6-2-11)12(15)10-3-8-19(16,17)9-10/h10-11H,1-9,13H2. The smallest absolute Gasteiger partial charge is 0.226 e. The first-order valence-corrected chi connectivity index (χ1v) is 8.65. The number of hydrogen-bond acceptors (Lipinski definition) is 5. The molecule has 1 atom stereocenters. The van der Waals surface area contributed by atoms with Gasteiger partial charge in [-0.1, -0.05) is 0 Å². The highest BCUT2D eigenvalue weighted by atomic mass is 32.2. The van der Waals surface area contributed by atoms with Crippen molar-refractivity contribution in [3.8, 4) is 0 Å². The van der Waals surface area contributed by atoms with E-state index in [9.17, 15) is 13.2 Å². The highest BCUT2D eigenvalue weighted by molar-refractivity contribution is 7.91. The van der Waals surface area contributed by atoms with Gasteiger partial charge in [0.1, 0.15) is 0 Å². The third-order valence-corrected chi connectivity index (χ3v) is 5.57. The first-order valence-electron chi connectivity index (χ1n) is 6.83. The second-order valence-electron chi connectivity index (χ2n) is 5.28. The molecule has 2 saturated heterocycles. The van der Waals surface area contributed by atoms with Crippen molar-refractivity contribution >= 4 is 15.7 Å². The van der Waals surface area contributed by atoms with Crippen molar-refractivity contribution in [2.75, 3.05) is 37.7 Å². The van der Waals surface area contributed by atoms with Gasteiger partial charge in [0.15, 0.2) is 9.84 Å². The van der Waals surface area contributed by atoms with Crippen LogP contribution in [0.25, 0.3) is 0 Å². The van der Waals surface area contributed by atoms with E-state index >= 15 is 0 Å². The topological polar surface area (TPSA) is 89.7 Å². The quantitative estimate of drug-likeness (QED) is 0.746. The minimum Gasteiger partial charge on any atom is -0.377 e. The SMILES string of the molecule is NCCOC1CCN(C(=O)C2CCS(=O)(=O)C2)CC1. The van der Waals surface area contributed by atoms with Gasteiger partial charge in [0.05, 0.1) is 30.1 Å². The van der Waals surface area contributed by atoms with Crippen LogP contribution < -0.4 is 5.73 Å². The molecule has 2 aliphatic heterocycles. The monoisotopic (exact) mass is 290 g/mol. The zero-order chi connectivity index (χ0) is 13.9. The highest BCUT2D eigenvalue weighted by Crippen LogP contribution is 2.23. The lowest BCUT2D eigenvalue weighted by molar-refractivity contribution is -0.137. The lowest BCUT2D eigenvalue weighted by Crippen LogP contribution is -2.44. The molecule has 0 radical (unpaired) electrons. The summed E-state index contributed by atoms with van der Waals surface area (Å²) in [5, 5.41) is 0. The number of nitrogens with zero attached hydrogens (tertiary/aromatic N) is 1. The van der Waals surface area contributed by atoms with Crippen LogP contribution in [0, 0.1) is 5.92 Å². The van der Waals surface area contributed by atoms with E-state index in [1.54, 1.807) is 4.90 Å². The molecular weight excluding hydrogens is 268 g/mol. The van der Waals surface area contributed by atoms with Crippen LogP contribution >= 0.6 is 0 Å². The third-order valence-electron chi connectivity index (χ3n) is 3.81. The summed E-state index contributed by atoms with van der Waals surface area (Å²) in [5.41, 5.74) is 5.38. The van der Waals surface area contributed by atoms with Crippen LogP contribution in [0.1, 0.15) is 19.3 Å². The van der Waals surface area contributed by atoms with Gasteiger partial charge in [-0.25, -0.2) is 8.42 Å². The normalized spacial score (nSPS) is 27.6. The Hall–Kier alpha value is -0.660. The van der Waals surface area contributed by atoms with Crippen molar-refractivity contribution in [1.29, 1.82) is 0 Å². The molecule has 19 heavy (non-hydrogen) atoms. The van der Waals surface area contributed by atoms with Gasteiger partial charge in [-0.05, 0) is 19.3 Å². The summed E-state index contributed by atoms with van der Waals surface area (Å²) >= 11 is 0. The Morgan fingerprint density at radius 2 is 1.95 bits per heavy atom. The van der Waals surface area contributed by atoms with E-state index < -0.39 is 9.84 Å². The van der Waals surface area contributed by atoms with Crippen molar-refractivity contribution < 1.29 is 17.9 Å². The molecule has 2 heterocycles. The van der Waals surface area contributed by atoms with E-state index in [4.69, 9.17) is 10.5 Å². The van der Waals surface area contributed by atoms with Crippen molar-refractivity contribution in [3.63, 3.8) is 0 Å². The van der Waals surface area contributed by atoms with Crippen LogP contribution in [0.3, 0.4) is 0 Å². The number of likely N-dealkylation sites (tertiary alicyclic amines) is 1. The fraction of sp³-hybridized carbons (Fsp3) is 0.917. The van der Waals surface area contributed by atoms with Gasteiger partial charge >= 0.3 is 0 Å². The summed E-state index contributed by atoms with van der Waals surface area (Å²) in [6, 6.07) is 0. The van der Waals surface area contributed by atoms with Gasteiger partial charge in [0.25, 0.3) is 0 Å². The Morgan fingerprint density at radius 3 is 2.47 bits per heavy atom. The van der Waals surface area contributed by atoms with Crippen molar-refractivity contribution in [2.45, 2.75) is 25.4 Å². The van der Waals surface area contributed by atoms with Crippen molar-refractivity contribution in [2.24, 2.45) is 11.7 Å². The number of amides is 1. The molecule has 0 spiro atoms. The molecule has 2 N–H and O–H groups in total. The molecule has 1 unspecified atom stereocenters. The van der Waals surface area contributed by atoms with Gasteiger partial charge in [-0.2, -0.15) is 0 Å². The summed E-state index contributed by atoms with van der Waals surface area (Å²) in [5.74, 6) is -0.153. The number of nitrogens with two attached hydrogens (primary N) is 1. The Kier molecular flexibility index (Phi) is 4.81. The van der Waals surface area contributed by atoms with E-state index in [2.05, 4.69) is 0 Å². The second kappa shape index (κ2) is 6.19. The molecule has 2 fully saturated rings. The van der Waals surface area contributed by atoms with E-state index in [1.165, 1.54) is 0 Å². The van der Waals surface area contributed by atoms with Gasteiger partial charge in [0.2, 0.25) is 5.91 Å². The highest BCUT2D eigenvalue weighted by Gasteiger charge is 2.36. The Bertz CT molecular complexity index is 415. The number of hydrogen-bond donors (Lipinski definition) is 1. The van der Waals surface area contributed by atoms with Gasteiger partial charge in [0, 0.05) is 19.6 Å². The lowest BCUT2D eigenvalue weighted by Gasteiger charge is -2.33. The van der Waals surface area contributed by atoms with Crippen LogP contribution in [0.4, 0.5) is 0 Å². The summed E-state index contributed by atoms with van der Waals surface area (Å²) in [6.07, 6.45) is 2.28. The number of carbonyl (C=O) groups is 1. The molecule has 1 amide bonds. The molecule has 2 aliphatic rings. The van der Waals surface area contributed by atoms with E-state index in [0.29, 0.717) is 32.7 Å². The molecule has 0 aliphatic carbocycles. The maximum absolute atomic E-state index is 12.2. The molecule has 0 saturated carbocycles. The minimum atomic E-state index is -2.99. The number of carbonyl (C=O) groups excluding carboxylic acids is 1. The summed E-state index contributed by atoms with van der Waals surface area (Å²) in [7, 11) is -2.99.